The molecule has 1 atom stereocenters. The van der Waals surface area contributed by atoms with Gasteiger partial charge >= 0.3 is 0 Å². The van der Waals surface area contributed by atoms with Gasteiger partial charge in [0.05, 0.1) is 18.0 Å². The number of anilines is 2. The SMILES string of the molecule is CCCOc1cccc(NC(C)Cc2cccs2)c1N. The first-order valence-corrected chi connectivity index (χ1v) is 7.89. The molecule has 1 aromatic carbocycles. The fourth-order valence-corrected chi connectivity index (χ4v) is 2.89. The largest absolute Gasteiger partial charge is 0.491 e. The van der Waals surface area contributed by atoms with Crippen LogP contribution in [-0.4, -0.2) is 12.6 Å². The number of ether oxygens (including phenoxy) is 1. The van der Waals surface area contributed by atoms with Crippen molar-refractivity contribution in [2.45, 2.75) is 32.7 Å². The zero-order valence-electron chi connectivity index (χ0n) is 12.1. The van der Waals surface area contributed by atoms with Crippen LogP contribution >= 0.6 is 11.3 Å². The number of nitrogen functional groups attached to an aromatic ring is 1. The molecule has 0 radical (unpaired) electrons. The highest BCUT2D eigenvalue weighted by Crippen LogP contribution is 2.30. The van der Waals surface area contributed by atoms with E-state index in [1.807, 2.05) is 18.2 Å². The molecular weight excluding hydrogens is 268 g/mol. The van der Waals surface area contributed by atoms with E-state index in [1.165, 1.54) is 4.88 Å². The minimum Gasteiger partial charge on any atom is -0.491 e. The van der Waals surface area contributed by atoms with Crippen molar-refractivity contribution in [1.29, 1.82) is 0 Å². The molecule has 2 rings (SSSR count). The number of hydrogen-bond acceptors (Lipinski definition) is 4. The minimum atomic E-state index is 0.331. The highest BCUT2D eigenvalue weighted by atomic mass is 32.1. The number of hydrogen-bond donors (Lipinski definition) is 2. The molecule has 0 aliphatic rings. The van der Waals surface area contributed by atoms with E-state index in [-0.39, 0.29) is 0 Å². The van der Waals surface area contributed by atoms with Gasteiger partial charge in [-0.1, -0.05) is 19.1 Å². The normalized spacial score (nSPS) is 12.1. The zero-order valence-corrected chi connectivity index (χ0v) is 12.9. The molecule has 1 aromatic heterocycles. The van der Waals surface area contributed by atoms with Gasteiger partial charge < -0.3 is 15.8 Å². The van der Waals surface area contributed by atoms with Crippen LogP contribution in [-0.2, 0) is 6.42 Å². The Labute approximate surface area is 124 Å². The molecule has 3 nitrogen and oxygen atoms in total. The highest BCUT2D eigenvalue weighted by Gasteiger charge is 2.09. The molecule has 4 heteroatoms. The van der Waals surface area contributed by atoms with Crippen LogP contribution < -0.4 is 15.8 Å². The Morgan fingerprint density at radius 2 is 2.15 bits per heavy atom. The van der Waals surface area contributed by atoms with Crippen LogP contribution in [0.5, 0.6) is 5.75 Å². The van der Waals surface area contributed by atoms with Crippen molar-refractivity contribution in [3.8, 4) is 5.75 Å². The number of nitrogens with two attached hydrogens (primary N) is 1. The van der Waals surface area contributed by atoms with Gasteiger partial charge in [-0.25, -0.2) is 0 Å². The predicted octanol–water partition coefficient (Wildman–Crippen LogP) is 4.16. The summed E-state index contributed by atoms with van der Waals surface area (Å²) in [6, 6.07) is 10.5. The lowest BCUT2D eigenvalue weighted by Gasteiger charge is -2.18. The van der Waals surface area contributed by atoms with Crippen LogP contribution in [0.25, 0.3) is 0 Å². The van der Waals surface area contributed by atoms with Gasteiger partial charge in [0.15, 0.2) is 0 Å². The van der Waals surface area contributed by atoms with E-state index in [1.54, 1.807) is 11.3 Å². The quantitative estimate of drug-likeness (QED) is 0.753. The Morgan fingerprint density at radius 1 is 1.30 bits per heavy atom. The van der Waals surface area contributed by atoms with E-state index in [0.717, 1.165) is 24.3 Å². The molecule has 2 aromatic rings. The van der Waals surface area contributed by atoms with Crippen molar-refractivity contribution < 1.29 is 4.74 Å². The third-order valence-electron chi connectivity index (χ3n) is 3.02. The van der Waals surface area contributed by atoms with Gasteiger partial charge in [0, 0.05) is 17.3 Å². The molecule has 20 heavy (non-hydrogen) atoms. The molecule has 0 saturated carbocycles. The van der Waals surface area contributed by atoms with Gasteiger partial charge in [-0.3, -0.25) is 0 Å². The number of benzene rings is 1. The number of rotatable bonds is 7. The van der Waals surface area contributed by atoms with Crippen molar-refractivity contribution in [2.75, 3.05) is 17.7 Å². The average molecular weight is 290 g/mol. The summed E-state index contributed by atoms with van der Waals surface area (Å²) in [5, 5.41) is 5.57. The average Bonchev–Trinajstić information content (AvgIpc) is 2.92. The fourth-order valence-electron chi connectivity index (χ4n) is 2.05. The monoisotopic (exact) mass is 290 g/mol. The first kappa shape index (κ1) is 14.7. The summed E-state index contributed by atoms with van der Waals surface area (Å²) in [5.41, 5.74) is 7.80. The zero-order chi connectivity index (χ0) is 14.4. The van der Waals surface area contributed by atoms with E-state index in [2.05, 4.69) is 36.7 Å². The number of thiophene rings is 1. The smallest absolute Gasteiger partial charge is 0.144 e. The standard InChI is InChI=1S/C16H22N2OS/c1-3-9-19-15-8-4-7-14(16(15)17)18-12(2)11-13-6-5-10-20-13/h4-8,10,12,18H,3,9,11,17H2,1-2H3. The van der Waals surface area contributed by atoms with Crippen molar-refractivity contribution in [2.24, 2.45) is 0 Å². The first-order chi connectivity index (χ1) is 9.70. The van der Waals surface area contributed by atoms with Gasteiger partial charge in [0.2, 0.25) is 0 Å². The van der Waals surface area contributed by atoms with Gasteiger partial charge in [0.25, 0.3) is 0 Å². The van der Waals surface area contributed by atoms with E-state index < -0.39 is 0 Å². The third kappa shape index (κ3) is 3.90. The summed E-state index contributed by atoms with van der Waals surface area (Å²) < 4.78 is 5.65. The molecule has 0 amide bonds. The maximum absolute atomic E-state index is 6.16. The summed E-state index contributed by atoms with van der Waals surface area (Å²) in [5.74, 6) is 0.764. The van der Waals surface area contributed by atoms with Crippen LogP contribution in [0.1, 0.15) is 25.1 Å². The Morgan fingerprint density at radius 3 is 2.85 bits per heavy atom. The van der Waals surface area contributed by atoms with Crippen LogP contribution in [0.15, 0.2) is 35.7 Å². The maximum atomic E-state index is 6.16. The lowest BCUT2D eigenvalue weighted by molar-refractivity contribution is 0.319. The van der Waals surface area contributed by atoms with Gasteiger partial charge in [0.1, 0.15) is 5.75 Å². The minimum absolute atomic E-state index is 0.331. The lowest BCUT2D eigenvalue weighted by Crippen LogP contribution is -2.18. The maximum Gasteiger partial charge on any atom is 0.144 e. The number of nitrogens with one attached hydrogen (secondary N) is 1. The van der Waals surface area contributed by atoms with Crippen molar-refractivity contribution in [1.82, 2.24) is 0 Å². The molecule has 0 aliphatic carbocycles. The molecule has 3 N–H and O–H groups in total. The van der Waals surface area contributed by atoms with Gasteiger partial charge in [-0.2, -0.15) is 0 Å². The first-order valence-electron chi connectivity index (χ1n) is 7.01. The topological polar surface area (TPSA) is 47.3 Å². The third-order valence-corrected chi connectivity index (χ3v) is 3.92. The molecule has 0 aliphatic heterocycles. The van der Waals surface area contributed by atoms with E-state index >= 15 is 0 Å². The lowest BCUT2D eigenvalue weighted by atomic mass is 10.1. The second kappa shape index (κ2) is 7.20. The Hall–Kier alpha value is -1.68. The van der Waals surface area contributed by atoms with Crippen molar-refractivity contribution >= 4 is 22.7 Å². The summed E-state index contributed by atoms with van der Waals surface area (Å²) in [6.07, 6.45) is 1.98. The second-order valence-corrected chi connectivity index (χ2v) is 5.93. The number of para-hydroxylation sites is 1. The van der Waals surface area contributed by atoms with Gasteiger partial charge in [-0.05, 0) is 36.9 Å². The molecule has 0 spiro atoms. The molecule has 0 bridgehead atoms. The van der Waals surface area contributed by atoms with E-state index in [0.29, 0.717) is 18.3 Å². The van der Waals surface area contributed by atoms with Crippen LogP contribution in [0.4, 0.5) is 11.4 Å². The highest BCUT2D eigenvalue weighted by molar-refractivity contribution is 7.09. The van der Waals surface area contributed by atoms with Crippen molar-refractivity contribution in [3.63, 3.8) is 0 Å². The second-order valence-electron chi connectivity index (χ2n) is 4.89. The summed E-state index contributed by atoms with van der Waals surface area (Å²) in [4.78, 5) is 1.38. The van der Waals surface area contributed by atoms with E-state index in [9.17, 15) is 0 Å². The van der Waals surface area contributed by atoms with Gasteiger partial charge in [-0.15, -0.1) is 11.3 Å². The fraction of sp³-hybridized carbons (Fsp3) is 0.375. The molecule has 0 saturated heterocycles. The van der Waals surface area contributed by atoms with E-state index in [4.69, 9.17) is 10.5 Å². The predicted molar refractivity (Wildman–Crippen MR) is 87.7 cm³/mol. The Bertz CT molecular complexity index is 525. The molecule has 1 unspecified atom stereocenters. The molecule has 0 fully saturated rings. The summed E-state index contributed by atoms with van der Waals surface area (Å²) in [7, 11) is 0. The van der Waals surface area contributed by atoms with Crippen LogP contribution in [0.2, 0.25) is 0 Å². The van der Waals surface area contributed by atoms with Crippen LogP contribution in [0, 0.1) is 0 Å². The summed E-state index contributed by atoms with van der Waals surface area (Å²) >= 11 is 1.78. The molecular formula is C16H22N2OS. The molecule has 108 valence electrons. The Balaban J connectivity index is 2.01. The van der Waals surface area contributed by atoms with Crippen LogP contribution in [0.3, 0.4) is 0 Å². The Kier molecular flexibility index (Phi) is 5.30. The molecule has 1 heterocycles. The summed E-state index contributed by atoms with van der Waals surface area (Å²) in [6.45, 7) is 4.94. The van der Waals surface area contributed by atoms with Crippen molar-refractivity contribution in [3.05, 3.63) is 40.6 Å².